The van der Waals surface area contributed by atoms with Crippen molar-refractivity contribution in [2.75, 3.05) is 0 Å². The molecule has 4 rings (SSSR count). The largest absolute Gasteiger partial charge is 0.310 e. The number of rotatable bonds is 6. The Bertz CT molecular complexity index is 618. The van der Waals surface area contributed by atoms with Crippen LogP contribution in [0, 0.1) is 11.8 Å². The van der Waals surface area contributed by atoms with Gasteiger partial charge in [0.25, 0.3) is 0 Å². The third kappa shape index (κ3) is 11.2. The van der Waals surface area contributed by atoms with E-state index >= 15 is 0 Å². The average Bonchev–Trinajstić information content (AvgIpc) is 2.80. The molecule has 2 nitrogen and oxygen atoms in total. The lowest BCUT2D eigenvalue weighted by Gasteiger charge is -2.27. The lowest BCUT2D eigenvalue weighted by Crippen LogP contribution is -2.32. The summed E-state index contributed by atoms with van der Waals surface area (Å²) in [6, 6.07) is 22.9. The van der Waals surface area contributed by atoms with Crippen molar-refractivity contribution in [3.05, 3.63) is 71.8 Å². The van der Waals surface area contributed by atoms with Gasteiger partial charge in [-0.2, -0.15) is 0 Å². The fourth-order valence-corrected chi connectivity index (χ4v) is 4.64. The maximum Gasteiger partial charge on any atom is 0.0208 e. The van der Waals surface area contributed by atoms with Gasteiger partial charge in [-0.25, -0.2) is 0 Å². The van der Waals surface area contributed by atoms with Crippen LogP contribution >= 0.6 is 24.8 Å². The third-order valence-corrected chi connectivity index (χ3v) is 6.91. The summed E-state index contributed by atoms with van der Waals surface area (Å²) >= 11 is 0. The van der Waals surface area contributed by atoms with Gasteiger partial charge in [0.05, 0.1) is 0 Å². The fourth-order valence-electron chi connectivity index (χ4n) is 4.64. The van der Waals surface area contributed by atoms with Gasteiger partial charge < -0.3 is 10.6 Å². The van der Waals surface area contributed by atoms with E-state index in [9.17, 15) is 0 Å². The van der Waals surface area contributed by atoms with Gasteiger partial charge >= 0.3 is 0 Å². The van der Waals surface area contributed by atoms with E-state index in [1.807, 2.05) is 0 Å². The molecule has 2 saturated carbocycles. The highest BCUT2D eigenvalue weighted by Gasteiger charge is 2.18. The highest BCUT2D eigenvalue weighted by Crippen LogP contribution is 2.24. The van der Waals surface area contributed by atoms with Crippen LogP contribution in [0.3, 0.4) is 0 Å². The van der Waals surface area contributed by atoms with Gasteiger partial charge in [-0.3, -0.25) is 0 Å². The van der Waals surface area contributed by atoms with Crippen molar-refractivity contribution in [1.82, 2.24) is 10.6 Å². The maximum absolute atomic E-state index is 3.66. The van der Waals surface area contributed by atoms with Gasteiger partial charge in [0, 0.05) is 25.2 Å². The standard InChI is InChI=1S/2C14H21N.2ClH/c2*1-12-7-9-14(10-8-12)15-11-13-5-3-2-4-6-13;;/h2*2-6,12,14-15H,7-11H2,1H3;2*1H. The van der Waals surface area contributed by atoms with Gasteiger partial charge in [-0.1, -0.05) is 74.5 Å². The summed E-state index contributed by atoms with van der Waals surface area (Å²) in [6.45, 7) is 6.79. The van der Waals surface area contributed by atoms with Crippen molar-refractivity contribution in [3.63, 3.8) is 0 Å². The first-order valence-corrected chi connectivity index (χ1v) is 12.2. The van der Waals surface area contributed by atoms with Crippen molar-refractivity contribution in [3.8, 4) is 0 Å². The van der Waals surface area contributed by atoms with Crippen LogP contribution < -0.4 is 10.6 Å². The molecule has 2 aromatic rings. The average molecular weight is 480 g/mol. The first-order valence-electron chi connectivity index (χ1n) is 12.2. The Hall–Kier alpha value is -1.06. The van der Waals surface area contributed by atoms with E-state index in [-0.39, 0.29) is 24.8 Å². The van der Waals surface area contributed by atoms with Crippen molar-refractivity contribution >= 4 is 24.8 Å². The minimum Gasteiger partial charge on any atom is -0.310 e. The minimum atomic E-state index is 0. The second-order valence-corrected chi connectivity index (χ2v) is 9.65. The van der Waals surface area contributed by atoms with Crippen LogP contribution in [0.15, 0.2) is 60.7 Å². The molecule has 180 valence electrons. The fraction of sp³-hybridized carbons (Fsp3) is 0.571. The lowest BCUT2D eigenvalue weighted by atomic mass is 9.87. The number of benzene rings is 2. The van der Waals surface area contributed by atoms with Crippen molar-refractivity contribution in [2.45, 2.75) is 90.4 Å². The molecular formula is C28H44Cl2N2. The Morgan fingerprint density at radius 1 is 0.531 bits per heavy atom. The zero-order valence-electron chi connectivity index (χ0n) is 20.0. The molecule has 0 unspecified atom stereocenters. The Labute approximate surface area is 209 Å². The Morgan fingerprint density at radius 2 is 0.844 bits per heavy atom. The molecule has 0 heterocycles. The maximum atomic E-state index is 3.66. The molecule has 2 N–H and O–H groups in total. The molecule has 0 aromatic heterocycles. The SMILES string of the molecule is CC1CCC(NCc2ccccc2)CC1.CC1CCC(NCc2ccccc2)CC1.Cl.Cl. The smallest absolute Gasteiger partial charge is 0.0208 e. The topological polar surface area (TPSA) is 24.1 Å². The molecule has 0 amide bonds. The summed E-state index contributed by atoms with van der Waals surface area (Å²) in [5, 5.41) is 7.32. The predicted octanol–water partition coefficient (Wildman–Crippen LogP) is 7.55. The van der Waals surface area contributed by atoms with E-state index in [1.54, 1.807) is 0 Å². The molecule has 4 heteroatoms. The molecule has 2 aliphatic carbocycles. The van der Waals surface area contributed by atoms with Gasteiger partial charge in [0.1, 0.15) is 0 Å². The Morgan fingerprint density at radius 3 is 1.16 bits per heavy atom. The molecule has 0 aliphatic heterocycles. The van der Waals surface area contributed by atoms with E-state index in [4.69, 9.17) is 0 Å². The molecule has 0 spiro atoms. The highest BCUT2D eigenvalue weighted by atomic mass is 35.5. The monoisotopic (exact) mass is 478 g/mol. The molecule has 32 heavy (non-hydrogen) atoms. The Balaban J connectivity index is 0.000000301. The van der Waals surface area contributed by atoms with E-state index < -0.39 is 0 Å². The van der Waals surface area contributed by atoms with Gasteiger partial charge in [-0.05, 0) is 74.3 Å². The first kappa shape index (κ1) is 29.0. The number of halogens is 2. The molecule has 0 radical (unpaired) electrons. The van der Waals surface area contributed by atoms with Crippen LogP contribution in [0.5, 0.6) is 0 Å². The summed E-state index contributed by atoms with van der Waals surface area (Å²) in [4.78, 5) is 0. The molecule has 0 saturated heterocycles. The van der Waals surface area contributed by atoms with E-state index in [2.05, 4.69) is 85.1 Å². The highest BCUT2D eigenvalue weighted by molar-refractivity contribution is 5.85. The van der Waals surface area contributed by atoms with Crippen LogP contribution in [-0.2, 0) is 13.1 Å². The van der Waals surface area contributed by atoms with Crippen molar-refractivity contribution in [1.29, 1.82) is 0 Å². The van der Waals surface area contributed by atoms with Crippen LogP contribution in [0.1, 0.15) is 76.3 Å². The van der Waals surface area contributed by atoms with E-state index in [1.165, 1.54) is 62.5 Å². The summed E-state index contributed by atoms with van der Waals surface area (Å²) in [5.41, 5.74) is 2.80. The first-order chi connectivity index (χ1) is 14.7. The van der Waals surface area contributed by atoms with Crippen LogP contribution in [0.25, 0.3) is 0 Å². The molecule has 0 atom stereocenters. The molecule has 2 aliphatic rings. The minimum absolute atomic E-state index is 0. The molecule has 2 fully saturated rings. The van der Waals surface area contributed by atoms with E-state index in [0.717, 1.165) is 37.0 Å². The zero-order valence-corrected chi connectivity index (χ0v) is 21.6. The third-order valence-electron chi connectivity index (χ3n) is 6.91. The second kappa shape index (κ2) is 16.5. The van der Waals surface area contributed by atoms with E-state index in [0.29, 0.717) is 0 Å². The Kier molecular flexibility index (Phi) is 15.0. The van der Waals surface area contributed by atoms with Crippen molar-refractivity contribution < 1.29 is 0 Å². The van der Waals surface area contributed by atoms with Gasteiger partial charge in [0.2, 0.25) is 0 Å². The van der Waals surface area contributed by atoms with Crippen LogP contribution in [0.4, 0.5) is 0 Å². The van der Waals surface area contributed by atoms with Gasteiger partial charge in [0.15, 0.2) is 0 Å². The van der Waals surface area contributed by atoms with Gasteiger partial charge in [-0.15, -0.1) is 24.8 Å². The summed E-state index contributed by atoms with van der Waals surface area (Å²) in [5.74, 6) is 1.89. The van der Waals surface area contributed by atoms with Crippen LogP contribution in [-0.4, -0.2) is 12.1 Å². The predicted molar refractivity (Wildman–Crippen MR) is 144 cm³/mol. The summed E-state index contributed by atoms with van der Waals surface area (Å²) in [7, 11) is 0. The second-order valence-electron chi connectivity index (χ2n) is 9.65. The lowest BCUT2D eigenvalue weighted by molar-refractivity contribution is 0.306. The summed E-state index contributed by atoms with van der Waals surface area (Å²) < 4.78 is 0. The molecular weight excluding hydrogens is 435 g/mol. The molecule has 0 bridgehead atoms. The zero-order chi connectivity index (χ0) is 21.0. The number of hydrogen-bond donors (Lipinski definition) is 2. The summed E-state index contributed by atoms with van der Waals surface area (Å²) in [6.07, 6.45) is 11.0. The number of nitrogens with one attached hydrogen (secondary N) is 2. The number of hydrogen-bond acceptors (Lipinski definition) is 2. The molecule has 2 aromatic carbocycles. The normalized spacial score (nSPS) is 24.8. The van der Waals surface area contributed by atoms with Crippen LogP contribution in [0.2, 0.25) is 0 Å². The quantitative estimate of drug-likeness (QED) is 0.447. The van der Waals surface area contributed by atoms with Crippen molar-refractivity contribution in [2.24, 2.45) is 11.8 Å².